The zero-order valence-electron chi connectivity index (χ0n) is 15.8. The summed E-state index contributed by atoms with van der Waals surface area (Å²) >= 11 is 0. The number of carboxylic acid groups (broad SMARTS) is 1. The molecule has 0 spiro atoms. The molecule has 2 heterocycles. The highest BCUT2D eigenvalue weighted by atomic mass is 16.4. The van der Waals surface area contributed by atoms with Gasteiger partial charge in [0, 0.05) is 12.6 Å². The fourth-order valence-electron chi connectivity index (χ4n) is 2.99. The number of rotatable bonds is 5. The number of pyridine rings is 1. The summed E-state index contributed by atoms with van der Waals surface area (Å²) in [5.74, 6) is -1.53. The van der Waals surface area contributed by atoms with Crippen molar-refractivity contribution in [3.63, 3.8) is 0 Å². The van der Waals surface area contributed by atoms with Crippen LogP contribution < -0.4 is 5.32 Å². The molecule has 1 atom stereocenters. The van der Waals surface area contributed by atoms with E-state index in [1.165, 1.54) is 6.92 Å². The van der Waals surface area contributed by atoms with Crippen molar-refractivity contribution in [2.75, 3.05) is 0 Å². The largest absolute Gasteiger partial charge is 0.480 e. The van der Waals surface area contributed by atoms with Crippen molar-refractivity contribution >= 4 is 22.9 Å². The first kappa shape index (κ1) is 18.6. The van der Waals surface area contributed by atoms with Crippen molar-refractivity contribution in [1.29, 1.82) is 0 Å². The van der Waals surface area contributed by atoms with E-state index in [1.807, 2.05) is 30.3 Å². The molecule has 1 unspecified atom stereocenters. The average Bonchev–Trinajstić information content (AvgIpc) is 2.95. The van der Waals surface area contributed by atoms with Gasteiger partial charge in [-0.25, -0.2) is 9.78 Å². The average molecular weight is 366 g/mol. The molecule has 0 aliphatic carbocycles. The zero-order chi connectivity index (χ0) is 19.8. The van der Waals surface area contributed by atoms with E-state index >= 15 is 0 Å². The van der Waals surface area contributed by atoms with Gasteiger partial charge in [0.2, 0.25) is 0 Å². The first-order valence-electron chi connectivity index (χ1n) is 8.72. The summed E-state index contributed by atoms with van der Waals surface area (Å²) in [6.45, 7) is 5.03. The van der Waals surface area contributed by atoms with E-state index in [4.69, 9.17) is 0 Å². The minimum Gasteiger partial charge on any atom is -0.480 e. The quantitative estimate of drug-likeness (QED) is 0.724. The predicted molar refractivity (Wildman–Crippen MR) is 102 cm³/mol. The number of aryl methyl sites for hydroxylation is 2. The third-order valence-corrected chi connectivity index (χ3v) is 4.85. The van der Waals surface area contributed by atoms with Gasteiger partial charge in [0.25, 0.3) is 5.91 Å². The Morgan fingerprint density at radius 1 is 1.26 bits per heavy atom. The first-order chi connectivity index (χ1) is 12.8. The molecule has 7 nitrogen and oxygen atoms in total. The molecule has 2 N–H and O–H groups in total. The van der Waals surface area contributed by atoms with Crippen LogP contribution in [0.15, 0.2) is 36.4 Å². The number of nitrogens with one attached hydrogen (secondary N) is 1. The van der Waals surface area contributed by atoms with Crippen molar-refractivity contribution in [1.82, 2.24) is 20.1 Å². The number of carbonyl (C=O) groups is 2. The Labute approximate surface area is 157 Å². The van der Waals surface area contributed by atoms with Crippen molar-refractivity contribution in [2.45, 2.75) is 32.7 Å². The number of hydrogen-bond donors (Lipinski definition) is 2. The Bertz CT molecular complexity index is 1030. The standard InChI is InChI=1S/C20H22N4O3/c1-5-20(3,19(26)27)22-18(25)14-11-15(13-9-7-6-8-10-13)21-17-16(14)12(2)23-24(17)4/h6-11H,5H2,1-4H3,(H,22,25)(H,26,27). The number of fused-ring (bicyclic) bond motifs is 1. The van der Waals surface area contributed by atoms with E-state index < -0.39 is 17.4 Å². The fourth-order valence-corrected chi connectivity index (χ4v) is 2.99. The van der Waals surface area contributed by atoms with E-state index in [1.54, 1.807) is 31.6 Å². The minimum atomic E-state index is -1.35. The second kappa shape index (κ2) is 6.83. The van der Waals surface area contributed by atoms with Crippen LogP contribution in [0.1, 0.15) is 36.3 Å². The lowest BCUT2D eigenvalue weighted by atomic mass is 9.97. The van der Waals surface area contributed by atoms with Gasteiger partial charge in [0.05, 0.1) is 22.3 Å². The molecule has 1 amide bonds. The molecule has 0 bridgehead atoms. The van der Waals surface area contributed by atoms with E-state index in [0.717, 1.165) is 5.56 Å². The molecule has 3 rings (SSSR count). The predicted octanol–water partition coefficient (Wildman–Crippen LogP) is 2.93. The third-order valence-electron chi connectivity index (χ3n) is 4.85. The molecule has 2 aromatic heterocycles. The highest BCUT2D eigenvalue weighted by Crippen LogP contribution is 2.27. The van der Waals surface area contributed by atoms with Crippen LogP contribution in [0.5, 0.6) is 0 Å². The lowest BCUT2D eigenvalue weighted by Crippen LogP contribution is -2.51. The van der Waals surface area contributed by atoms with Gasteiger partial charge in [-0.05, 0) is 26.3 Å². The zero-order valence-corrected chi connectivity index (χ0v) is 15.8. The second-order valence-electron chi connectivity index (χ2n) is 6.77. The maximum absolute atomic E-state index is 13.0. The molecule has 0 fully saturated rings. The van der Waals surface area contributed by atoms with Gasteiger partial charge >= 0.3 is 5.97 Å². The van der Waals surface area contributed by atoms with Crippen LogP contribution >= 0.6 is 0 Å². The normalized spacial score (nSPS) is 13.3. The number of nitrogens with zero attached hydrogens (tertiary/aromatic N) is 3. The molecule has 0 saturated carbocycles. The van der Waals surface area contributed by atoms with Crippen molar-refractivity contribution in [3.05, 3.63) is 47.7 Å². The molecule has 1 aromatic carbocycles. The molecule has 27 heavy (non-hydrogen) atoms. The number of amides is 1. The highest BCUT2D eigenvalue weighted by Gasteiger charge is 2.34. The number of aromatic nitrogens is 3. The van der Waals surface area contributed by atoms with Gasteiger partial charge in [-0.15, -0.1) is 0 Å². The lowest BCUT2D eigenvalue weighted by Gasteiger charge is -2.24. The molecule has 0 radical (unpaired) electrons. The molecule has 140 valence electrons. The van der Waals surface area contributed by atoms with E-state index in [9.17, 15) is 14.7 Å². The van der Waals surface area contributed by atoms with Gasteiger partial charge in [-0.1, -0.05) is 37.3 Å². The van der Waals surface area contributed by atoms with E-state index in [0.29, 0.717) is 28.0 Å². The van der Waals surface area contributed by atoms with Crippen LogP contribution in [0.2, 0.25) is 0 Å². The second-order valence-corrected chi connectivity index (χ2v) is 6.77. The van der Waals surface area contributed by atoms with Crippen LogP contribution in [0.4, 0.5) is 0 Å². The Morgan fingerprint density at radius 2 is 1.93 bits per heavy atom. The molecule has 3 aromatic rings. The van der Waals surface area contributed by atoms with Crippen molar-refractivity contribution in [3.8, 4) is 11.3 Å². The smallest absolute Gasteiger partial charge is 0.329 e. The molecular weight excluding hydrogens is 344 g/mol. The number of carbonyl (C=O) groups excluding carboxylic acids is 1. The highest BCUT2D eigenvalue weighted by molar-refractivity contribution is 6.08. The summed E-state index contributed by atoms with van der Waals surface area (Å²) in [6, 6.07) is 11.2. The minimum absolute atomic E-state index is 0.264. The third kappa shape index (κ3) is 3.28. The van der Waals surface area contributed by atoms with Crippen LogP contribution in [-0.2, 0) is 11.8 Å². The van der Waals surface area contributed by atoms with Crippen LogP contribution in [0.3, 0.4) is 0 Å². The van der Waals surface area contributed by atoms with E-state index in [-0.39, 0.29) is 6.42 Å². The van der Waals surface area contributed by atoms with Gasteiger partial charge in [0.15, 0.2) is 5.65 Å². The molecule has 0 aliphatic heterocycles. The lowest BCUT2D eigenvalue weighted by molar-refractivity contribution is -0.143. The summed E-state index contributed by atoms with van der Waals surface area (Å²) in [5, 5.41) is 17.2. The van der Waals surface area contributed by atoms with Crippen molar-refractivity contribution < 1.29 is 14.7 Å². The summed E-state index contributed by atoms with van der Waals surface area (Å²) in [7, 11) is 1.77. The molecular formula is C20H22N4O3. The van der Waals surface area contributed by atoms with Crippen molar-refractivity contribution in [2.24, 2.45) is 7.05 Å². The topological polar surface area (TPSA) is 97.1 Å². The summed E-state index contributed by atoms with van der Waals surface area (Å²) < 4.78 is 1.63. The molecule has 0 aliphatic rings. The summed E-state index contributed by atoms with van der Waals surface area (Å²) in [6.07, 6.45) is 0.264. The van der Waals surface area contributed by atoms with Gasteiger partial charge < -0.3 is 10.4 Å². The number of carboxylic acids is 1. The monoisotopic (exact) mass is 366 g/mol. The Morgan fingerprint density at radius 3 is 2.52 bits per heavy atom. The molecule has 7 heteroatoms. The Hall–Kier alpha value is -3.22. The Kier molecular flexibility index (Phi) is 4.70. The van der Waals surface area contributed by atoms with Gasteiger partial charge in [0.1, 0.15) is 5.54 Å². The van der Waals surface area contributed by atoms with Gasteiger partial charge in [-0.3, -0.25) is 9.48 Å². The summed E-state index contributed by atoms with van der Waals surface area (Å²) in [5.41, 5.74) is 1.75. The van der Waals surface area contributed by atoms with E-state index in [2.05, 4.69) is 15.4 Å². The molecule has 0 saturated heterocycles. The number of benzene rings is 1. The van der Waals surface area contributed by atoms with Gasteiger partial charge in [-0.2, -0.15) is 5.10 Å². The number of aliphatic carboxylic acids is 1. The maximum Gasteiger partial charge on any atom is 0.329 e. The first-order valence-corrected chi connectivity index (χ1v) is 8.72. The van der Waals surface area contributed by atoms with Crippen LogP contribution in [-0.4, -0.2) is 37.3 Å². The SMILES string of the molecule is CCC(C)(NC(=O)c1cc(-c2ccccc2)nc2c1c(C)nn2C)C(=O)O. The number of hydrogen-bond acceptors (Lipinski definition) is 4. The van der Waals surface area contributed by atoms with Crippen LogP contribution in [0.25, 0.3) is 22.3 Å². The van der Waals surface area contributed by atoms with Crippen LogP contribution in [0, 0.1) is 6.92 Å². The summed E-state index contributed by atoms with van der Waals surface area (Å²) in [4.78, 5) is 29.3. The maximum atomic E-state index is 13.0. The fraction of sp³-hybridized carbons (Fsp3) is 0.300. The Balaban J connectivity index is 2.19.